The SMILES string of the molecule is Cc1ccc(C(=O)Oc2ccc(C3Oc4ccccc4C4CC(c5ccc(Br)cc5)=NN43)cc2)cc1. The highest BCUT2D eigenvalue weighted by Crippen LogP contribution is 2.47. The van der Waals surface area contributed by atoms with Crippen molar-refractivity contribution in [2.75, 3.05) is 0 Å². The number of carbonyl (C=O) groups is 1. The van der Waals surface area contributed by atoms with Gasteiger partial charge in [-0.15, -0.1) is 0 Å². The van der Waals surface area contributed by atoms with E-state index in [0.717, 1.165) is 44.6 Å². The predicted molar refractivity (Wildman–Crippen MR) is 142 cm³/mol. The van der Waals surface area contributed by atoms with E-state index < -0.39 is 0 Å². The summed E-state index contributed by atoms with van der Waals surface area (Å²) in [5.74, 6) is 0.970. The summed E-state index contributed by atoms with van der Waals surface area (Å²) < 4.78 is 13.1. The zero-order valence-electron chi connectivity index (χ0n) is 19.6. The number of para-hydroxylation sites is 1. The van der Waals surface area contributed by atoms with Crippen molar-refractivity contribution in [2.24, 2.45) is 5.10 Å². The second kappa shape index (κ2) is 9.28. The third-order valence-corrected chi connectivity index (χ3v) is 7.07. The van der Waals surface area contributed by atoms with Gasteiger partial charge in [0.25, 0.3) is 0 Å². The van der Waals surface area contributed by atoms with Crippen molar-refractivity contribution in [3.8, 4) is 11.5 Å². The zero-order valence-corrected chi connectivity index (χ0v) is 21.2. The smallest absolute Gasteiger partial charge is 0.343 e. The molecule has 2 heterocycles. The number of benzene rings is 4. The molecule has 0 fully saturated rings. The Labute approximate surface area is 218 Å². The van der Waals surface area contributed by atoms with Crippen LogP contribution in [0.1, 0.15) is 51.3 Å². The number of hydrogen-bond donors (Lipinski definition) is 0. The molecule has 2 unspecified atom stereocenters. The Morgan fingerprint density at radius 2 is 1.67 bits per heavy atom. The summed E-state index contributed by atoms with van der Waals surface area (Å²) in [4.78, 5) is 12.5. The standard InChI is InChI=1S/C30H23BrN2O3/c1-19-6-8-22(9-7-19)30(34)35-24-16-12-21(13-17-24)29-33-27(25-4-2-3-5-28(25)36-29)18-26(32-33)20-10-14-23(31)15-11-20/h2-17,27,29H,18H2,1H3. The Morgan fingerprint density at radius 3 is 2.42 bits per heavy atom. The van der Waals surface area contributed by atoms with Crippen LogP contribution in [0.2, 0.25) is 0 Å². The first-order chi connectivity index (χ1) is 17.5. The number of hydrogen-bond acceptors (Lipinski definition) is 5. The molecule has 0 spiro atoms. The quantitative estimate of drug-likeness (QED) is 0.203. The van der Waals surface area contributed by atoms with Crippen molar-refractivity contribution in [1.29, 1.82) is 0 Å². The maximum atomic E-state index is 12.5. The van der Waals surface area contributed by atoms with Crippen LogP contribution < -0.4 is 9.47 Å². The molecule has 0 saturated carbocycles. The summed E-state index contributed by atoms with van der Waals surface area (Å²) in [5, 5.41) is 7.06. The normalized spacial score (nSPS) is 18.1. The fraction of sp³-hybridized carbons (Fsp3) is 0.133. The van der Waals surface area contributed by atoms with Crippen LogP contribution in [-0.4, -0.2) is 16.7 Å². The number of halogens is 1. The molecule has 0 bridgehead atoms. The highest BCUT2D eigenvalue weighted by Gasteiger charge is 2.40. The maximum absolute atomic E-state index is 12.5. The Morgan fingerprint density at radius 1 is 0.944 bits per heavy atom. The van der Waals surface area contributed by atoms with Crippen LogP contribution in [0.3, 0.4) is 0 Å². The van der Waals surface area contributed by atoms with Gasteiger partial charge >= 0.3 is 5.97 Å². The number of nitrogens with zero attached hydrogens (tertiary/aromatic N) is 2. The molecule has 2 atom stereocenters. The van der Waals surface area contributed by atoms with Gasteiger partial charge in [-0.2, -0.15) is 5.10 Å². The van der Waals surface area contributed by atoms with E-state index in [4.69, 9.17) is 14.6 Å². The number of rotatable bonds is 4. The fourth-order valence-electron chi connectivity index (χ4n) is 4.63. The van der Waals surface area contributed by atoms with Gasteiger partial charge in [-0.1, -0.05) is 64.0 Å². The Kier molecular flexibility index (Phi) is 5.82. The van der Waals surface area contributed by atoms with Crippen molar-refractivity contribution >= 4 is 27.6 Å². The van der Waals surface area contributed by atoms with Crippen molar-refractivity contribution in [2.45, 2.75) is 25.6 Å². The minimum atomic E-state index is -0.389. The zero-order chi connectivity index (χ0) is 24.6. The van der Waals surface area contributed by atoms with E-state index >= 15 is 0 Å². The first kappa shape index (κ1) is 22.6. The second-order valence-corrected chi connectivity index (χ2v) is 9.90. The highest BCUT2D eigenvalue weighted by atomic mass is 79.9. The van der Waals surface area contributed by atoms with Crippen LogP contribution in [0.4, 0.5) is 0 Å². The van der Waals surface area contributed by atoms with Gasteiger partial charge in [-0.05, 0) is 67.1 Å². The molecule has 0 aromatic heterocycles. The molecule has 6 heteroatoms. The minimum Gasteiger partial charge on any atom is -0.464 e. The van der Waals surface area contributed by atoms with E-state index in [0.29, 0.717) is 11.3 Å². The molecule has 6 rings (SSSR count). The Bertz CT molecular complexity index is 1450. The molecular weight excluding hydrogens is 516 g/mol. The lowest BCUT2D eigenvalue weighted by atomic mass is 9.96. The number of esters is 1. The maximum Gasteiger partial charge on any atom is 0.343 e. The monoisotopic (exact) mass is 538 g/mol. The fourth-order valence-corrected chi connectivity index (χ4v) is 4.89. The van der Waals surface area contributed by atoms with Gasteiger partial charge < -0.3 is 9.47 Å². The molecule has 5 nitrogen and oxygen atoms in total. The average Bonchev–Trinajstić information content (AvgIpc) is 3.35. The largest absolute Gasteiger partial charge is 0.464 e. The van der Waals surface area contributed by atoms with E-state index in [1.807, 2.05) is 66.5 Å². The molecule has 0 aliphatic carbocycles. The van der Waals surface area contributed by atoms with Gasteiger partial charge in [-0.3, -0.25) is 0 Å². The molecule has 36 heavy (non-hydrogen) atoms. The van der Waals surface area contributed by atoms with Crippen LogP contribution >= 0.6 is 15.9 Å². The van der Waals surface area contributed by atoms with Gasteiger partial charge in [0, 0.05) is 22.0 Å². The van der Waals surface area contributed by atoms with Gasteiger partial charge in [0.05, 0.1) is 17.3 Å². The molecule has 0 N–H and O–H groups in total. The third-order valence-electron chi connectivity index (χ3n) is 6.54. The highest BCUT2D eigenvalue weighted by molar-refractivity contribution is 9.10. The molecule has 178 valence electrons. The summed E-state index contributed by atoms with van der Waals surface area (Å²) in [6.45, 7) is 1.98. The van der Waals surface area contributed by atoms with Crippen LogP contribution in [0, 0.1) is 6.92 Å². The summed E-state index contributed by atoms with van der Waals surface area (Å²) in [6, 6.07) is 31.3. The molecule has 0 amide bonds. The summed E-state index contributed by atoms with van der Waals surface area (Å²) in [5.41, 5.74) is 5.81. The molecule has 4 aromatic carbocycles. The number of hydrazone groups is 1. The molecule has 0 radical (unpaired) electrons. The lowest BCUT2D eigenvalue weighted by Gasteiger charge is -2.38. The molecular formula is C30H23BrN2O3. The van der Waals surface area contributed by atoms with E-state index in [1.54, 1.807) is 24.3 Å². The lowest BCUT2D eigenvalue weighted by molar-refractivity contribution is -0.0190. The minimum absolute atomic E-state index is 0.0811. The van der Waals surface area contributed by atoms with Gasteiger partial charge in [-0.25, -0.2) is 9.80 Å². The molecule has 0 saturated heterocycles. The molecule has 2 aliphatic rings. The molecule has 4 aromatic rings. The van der Waals surface area contributed by atoms with E-state index in [1.165, 1.54) is 0 Å². The summed E-state index contributed by atoms with van der Waals surface area (Å²) in [6.07, 6.45) is 0.407. The summed E-state index contributed by atoms with van der Waals surface area (Å²) in [7, 11) is 0. The number of fused-ring (bicyclic) bond motifs is 3. The van der Waals surface area contributed by atoms with Crippen molar-refractivity contribution in [3.63, 3.8) is 0 Å². The molecule has 2 aliphatic heterocycles. The van der Waals surface area contributed by atoms with Crippen LogP contribution in [0.25, 0.3) is 0 Å². The van der Waals surface area contributed by atoms with Gasteiger partial charge in [0.2, 0.25) is 6.23 Å². The first-order valence-electron chi connectivity index (χ1n) is 11.8. The average molecular weight is 539 g/mol. The van der Waals surface area contributed by atoms with Crippen LogP contribution in [-0.2, 0) is 0 Å². The van der Waals surface area contributed by atoms with Gasteiger partial charge in [0.1, 0.15) is 11.5 Å². The lowest BCUT2D eigenvalue weighted by Crippen LogP contribution is -2.33. The number of carbonyl (C=O) groups excluding carboxylic acids is 1. The van der Waals surface area contributed by atoms with Crippen molar-refractivity contribution < 1.29 is 14.3 Å². The van der Waals surface area contributed by atoms with Crippen LogP contribution in [0.5, 0.6) is 11.5 Å². The van der Waals surface area contributed by atoms with Crippen molar-refractivity contribution in [3.05, 3.63) is 129 Å². The Hall–Kier alpha value is -3.90. The van der Waals surface area contributed by atoms with Crippen LogP contribution in [0.15, 0.2) is 107 Å². The van der Waals surface area contributed by atoms with E-state index in [2.05, 4.69) is 34.1 Å². The number of aryl methyl sites for hydroxylation is 1. The van der Waals surface area contributed by atoms with Crippen molar-refractivity contribution in [1.82, 2.24) is 5.01 Å². The van der Waals surface area contributed by atoms with E-state index in [9.17, 15) is 4.79 Å². The number of ether oxygens (including phenoxy) is 2. The summed E-state index contributed by atoms with van der Waals surface area (Å²) >= 11 is 3.51. The Balaban J connectivity index is 1.28. The topological polar surface area (TPSA) is 51.1 Å². The predicted octanol–water partition coefficient (Wildman–Crippen LogP) is 7.22. The van der Waals surface area contributed by atoms with E-state index in [-0.39, 0.29) is 18.2 Å². The third kappa shape index (κ3) is 4.29. The van der Waals surface area contributed by atoms with Gasteiger partial charge in [0.15, 0.2) is 0 Å². The first-order valence-corrected chi connectivity index (χ1v) is 12.6. The second-order valence-electron chi connectivity index (χ2n) is 8.99.